The van der Waals surface area contributed by atoms with Crippen molar-refractivity contribution in [3.63, 3.8) is 0 Å². The van der Waals surface area contributed by atoms with Gasteiger partial charge in [0, 0.05) is 25.0 Å². The first kappa shape index (κ1) is 15.6. The third kappa shape index (κ3) is 3.63. The van der Waals surface area contributed by atoms with Gasteiger partial charge in [-0.2, -0.15) is 0 Å². The Kier molecular flexibility index (Phi) is 5.25. The third-order valence-electron chi connectivity index (χ3n) is 4.99. The van der Waals surface area contributed by atoms with Gasteiger partial charge in [-0.25, -0.2) is 4.98 Å². The Morgan fingerprint density at radius 1 is 1.30 bits per heavy atom. The number of aliphatic hydroxyl groups excluding tert-OH is 1. The van der Waals surface area contributed by atoms with Gasteiger partial charge in [-0.3, -0.25) is 0 Å². The number of imidazole rings is 1. The largest absolute Gasteiger partial charge is 0.396 e. The summed E-state index contributed by atoms with van der Waals surface area (Å²) in [7, 11) is 0. The predicted molar refractivity (Wildman–Crippen MR) is 82.5 cm³/mol. The van der Waals surface area contributed by atoms with E-state index in [1.165, 1.54) is 25.7 Å². The van der Waals surface area contributed by atoms with Gasteiger partial charge in [-0.15, -0.1) is 0 Å². The second-order valence-corrected chi connectivity index (χ2v) is 7.36. The van der Waals surface area contributed by atoms with Crippen LogP contribution in [0.3, 0.4) is 0 Å². The van der Waals surface area contributed by atoms with Crippen molar-refractivity contribution in [2.24, 2.45) is 17.3 Å². The molecular weight excluding hydrogens is 248 g/mol. The lowest BCUT2D eigenvalue weighted by molar-refractivity contribution is 0.0633. The maximum atomic E-state index is 9.21. The monoisotopic (exact) mass is 278 g/mol. The normalized spacial score (nSPS) is 25.6. The van der Waals surface area contributed by atoms with Crippen LogP contribution in [0.25, 0.3) is 0 Å². The average Bonchev–Trinajstić information content (AvgIpc) is 2.92. The van der Waals surface area contributed by atoms with Crippen molar-refractivity contribution in [2.75, 3.05) is 6.61 Å². The van der Waals surface area contributed by atoms with Crippen molar-refractivity contribution < 1.29 is 5.11 Å². The molecule has 3 unspecified atom stereocenters. The summed E-state index contributed by atoms with van der Waals surface area (Å²) >= 11 is 0. The van der Waals surface area contributed by atoms with Crippen molar-refractivity contribution >= 4 is 0 Å². The fourth-order valence-corrected chi connectivity index (χ4v) is 4.05. The van der Waals surface area contributed by atoms with E-state index < -0.39 is 0 Å². The molecule has 0 amide bonds. The number of rotatable bonds is 5. The molecule has 0 aromatic carbocycles. The van der Waals surface area contributed by atoms with Crippen LogP contribution >= 0.6 is 0 Å². The molecule has 3 nitrogen and oxygen atoms in total. The zero-order valence-corrected chi connectivity index (χ0v) is 13.3. The predicted octanol–water partition coefficient (Wildman–Crippen LogP) is 4.05. The maximum Gasteiger partial charge on any atom is 0.0948 e. The minimum atomic E-state index is 0.290. The first-order valence-corrected chi connectivity index (χ1v) is 8.12. The van der Waals surface area contributed by atoms with Crippen LogP contribution in [0.5, 0.6) is 0 Å². The summed E-state index contributed by atoms with van der Waals surface area (Å²) in [5.41, 5.74) is 0.364. The van der Waals surface area contributed by atoms with Crippen molar-refractivity contribution in [3.05, 3.63) is 18.7 Å². The van der Waals surface area contributed by atoms with Crippen LogP contribution < -0.4 is 0 Å². The van der Waals surface area contributed by atoms with Gasteiger partial charge < -0.3 is 9.67 Å². The summed E-state index contributed by atoms with van der Waals surface area (Å²) in [6, 6.07) is 0.495. The molecule has 114 valence electrons. The van der Waals surface area contributed by atoms with Gasteiger partial charge in [0.1, 0.15) is 0 Å². The number of aliphatic hydroxyl groups is 1. The molecule has 20 heavy (non-hydrogen) atoms. The van der Waals surface area contributed by atoms with E-state index in [1.54, 1.807) is 0 Å². The van der Waals surface area contributed by atoms with Crippen LogP contribution in [0, 0.1) is 17.3 Å². The molecule has 1 aliphatic rings. The molecule has 1 aromatic heterocycles. The van der Waals surface area contributed by atoms with Crippen LogP contribution in [0.2, 0.25) is 0 Å². The molecule has 0 spiro atoms. The van der Waals surface area contributed by atoms with Crippen LogP contribution in [-0.4, -0.2) is 21.3 Å². The fourth-order valence-electron chi connectivity index (χ4n) is 4.05. The fraction of sp³-hybridized carbons (Fsp3) is 0.824. The zero-order chi connectivity index (χ0) is 14.6. The molecule has 1 N–H and O–H groups in total. The first-order valence-electron chi connectivity index (χ1n) is 8.12. The van der Waals surface area contributed by atoms with Crippen LogP contribution in [-0.2, 0) is 0 Å². The minimum absolute atomic E-state index is 0.290. The lowest BCUT2D eigenvalue weighted by atomic mass is 9.63. The van der Waals surface area contributed by atoms with Crippen molar-refractivity contribution in [1.29, 1.82) is 0 Å². The smallest absolute Gasteiger partial charge is 0.0948 e. The Morgan fingerprint density at radius 2 is 2.05 bits per heavy atom. The quantitative estimate of drug-likeness (QED) is 0.882. The summed E-state index contributed by atoms with van der Waals surface area (Å²) in [6.45, 7) is 7.44. The van der Waals surface area contributed by atoms with Gasteiger partial charge in [0.05, 0.1) is 6.33 Å². The lowest BCUT2D eigenvalue weighted by Crippen LogP contribution is -2.36. The number of nitrogens with zero attached hydrogens (tertiary/aromatic N) is 2. The van der Waals surface area contributed by atoms with Crippen LogP contribution in [0.15, 0.2) is 18.7 Å². The molecule has 0 radical (unpaired) electrons. The molecule has 1 aromatic rings. The van der Waals surface area contributed by atoms with Gasteiger partial charge in [0.2, 0.25) is 0 Å². The molecule has 0 aliphatic heterocycles. The van der Waals surface area contributed by atoms with Gasteiger partial charge in [0.15, 0.2) is 0 Å². The number of hydrogen-bond donors (Lipinski definition) is 1. The van der Waals surface area contributed by atoms with Crippen molar-refractivity contribution in [1.82, 2.24) is 9.55 Å². The van der Waals surface area contributed by atoms with E-state index in [0.717, 1.165) is 18.8 Å². The minimum Gasteiger partial charge on any atom is -0.396 e. The van der Waals surface area contributed by atoms with E-state index >= 15 is 0 Å². The second kappa shape index (κ2) is 6.75. The van der Waals surface area contributed by atoms with Crippen molar-refractivity contribution in [3.8, 4) is 0 Å². The molecule has 1 heterocycles. The topological polar surface area (TPSA) is 38.0 Å². The summed E-state index contributed by atoms with van der Waals surface area (Å²) in [6.07, 6.45) is 13.2. The van der Waals surface area contributed by atoms with E-state index in [-0.39, 0.29) is 6.61 Å². The van der Waals surface area contributed by atoms with E-state index in [1.807, 2.05) is 12.5 Å². The van der Waals surface area contributed by atoms with Crippen molar-refractivity contribution in [2.45, 2.75) is 65.3 Å². The van der Waals surface area contributed by atoms with E-state index in [9.17, 15) is 5.11 Å². The Hall–Kier alpha value is -0.830. The molecular formula is C17H30N2O. The van der Waals surface area contributed by atoms with Crippen LogP contribution in [0.1, 0.15) is 65.3 Å². The molecule has 1 aliphatic carbocycles. The summed E-state index contributed by atoms with van der Waals surface area (Å²) in [5, 5.41) is 9.21. The molecule has 3 heteroatoms. The average molecular weight is 278 g/mol. The highest BCUT2D eigenvalue weighted by molar-refractivity contribution is 4.92. The third-order valence-corrected chi connectivity index (χ3v) is 4.99. The molecule has 0 bridgehead atoms. The molecule has 0 saturated heterocycles. The highest BCUT2D eigenvalue weighted by Crippen LogP contribution is 2.47. The summed E-state index contributed by atoms with van der Waals surface area (Å²) < 4.78 is 2.28. The van der Waals surface area contributed by atoms with Gasteiger partial charge in [-0.05, 0) is 42.9 Å². The Bertz CT molecular complexity index is 380. The SMILES string of the molecule is CC(C)(C)C1CCCCC1C(CCCO)n1ccnc1. The molecule has 1 saturated carbocycles. The molecule has 1 fully saturated rings. The highest BCUT2D eigenvalue weighted by Gasteiger charge is 2.38. The maximum absolute atomic E-state index is 9.21. The standard InChI is InChI=1S/C17H30N2O/c1-17(2,3)15-8-5-4-7-14(15)16(9-6-12-20)19-11-10-18-13-19/h10-11,13-16,20H,4-9,12H2,1-3H3. The lowest BCUT2D eigenvalue weighted by Gasteiger charge is -2.44. The Labute approximate surface area is 123 Å². The molecule has 3 atom stereocenters. The van der Waals surface area contributed by atoms with Gasteiger partial charge in [0.25, 0.3) is 0 Å². The number of aromatic nitrogens is 2. The van der Waals surface area contributed by atoms with Crippen LogP contribution in [0.4, 0.5) is 0 Å². The van der Waals surface area contributed by atoms with Gasteiger partial charge >= 0.3 is 0 Å². The number of hydrogen-bond acceptors (Lipinski definition) is 2. The molecule has 2 rings (SSSR count). The Morgan fingerprint density at radius 3 is 2.65 bits per heavy atom. The summed E-state index contributed by atoms with van der Waals surface area (Å²) in [4.78, 5) is 4.23. The summed E-state index contributed by atoms with van der Waals surface area (Å²) in [5.74, 6) is 1.48. The Balaban J connectivity index is 2.21. The van der Waals surface area contributed by atoms with E-state index in [2.05, 4.69) is 36.5 Å². The highest BCUT2D eigenvalue weighted by atomic mass is 16.2. The first-order chi connectivity index (χ1) is 9.54. The second-order valence-electron chi connectivity index (χ2n) is 7.36. The van der Waals surface area contributed by atoms with E-state index in [0.29, 0.717) is 17.4 Å². The van der Waals surface area contributed by atoms with E-state index in [4.69, 9.17) is 0 Å². The zero-order valence-electron chi connectivity index (χ0n) is 13.3. The van der Waals surface area contributed by atoms with Gasteiger partial charge in [-0.1, -0.05) is 33.6 Å².